The van der Waals surface area contributed by atoms with Crippen LogP contribution in [0.15, 0.2) is 29.2 Å². The molecule has 0 radical (unpaired) electrons. The molecule has 0 spiro atoms. The lowest BCUT2D eigenvalue weighted by molar-refractivity contribution is 0.00951. The summed E-state index contributed by atoms with van der Waals surface area (Å²) in [6.45, 7) is 6.52. The number of ether oxygens (including phenoxy) is 1. The molecule has 0 N–H and O–H groups in total. The van der Waals surface area contributed by atoms with Crippen molar-refractivity contribution < 1.29 is 9.53 Å². The van der Waals surface area contributed by atoms with Crippen LogP contribution < -0.4 is 0 Å². The molecule has 0 unspecified atom stereocenters. The van der Waals surface area contributed by atoms with Gasteiger partial charge in [-0.15, -0.1) is 11.8 Å². The molecule has 1 aliphatic rings. The standard InChI is InChI=1S/C17H25NO2S/c1-17(2,3)20-16(19)18-12-6-5-7-15(18)13-8-10-14(21-4)11-9-13/h8-11,15H,5-7,12H2,1-4H3/t15-/m1/s1. The van der Waals surface area contributed by atoms with Crippen molar-refractivity contribution in [2.24, 2.45) is 0 Å². The van der Waals surface area contributed by atoms with Crippen LogP contribution in [0.3, 0.4) is 0 Å². The predicted molar refractivity (Wildman–Crippen MR) is 87.8 cm³/mol. The summed E-state index contributed by atoms with van der Waals surface area (Å²) in [5.74, 6) is 0. The fourth-order valence-corrected chi connectivity index (χ4v) is 3.05. The van der Waals surface area contributed by atoms with Gasteiger partial charge in [0.05, 0.1) is 6.04 Å². The topological polar surface area (TPSA) is 29.5 Å². The Balaban J connectivity index is 2.16. The third kappa shape index (κ3) is 4.40. The number of carbonyl (C=O) groups excluding carboxylic acids is 1. The Kier molecular flexibility index (Phi) is 5.20. The van der Waals surface area contributed by atoms with Crippen molar-refractivity contribution in [1.29, 1.82) is 0 Å². The largest absolute Gasteiger partial charge is 0.444 e. The molecule has 116 valence electrons. The maximum atomic E-state index is 12.4. The predicted octanol–water partition coefficient (Wildman–Crippen LogP) is 4.87. The van der Waals surface area contributed by atoms with Crippen LogP contribution in [0, 0.1) is 0 Å². The van der Waals surface area contributed by atoms with Crippen molar-refractivity contribution in [3.8, 4) is 0 Å². The van der Waals surface area contributed by atoms with Gasteiger partial charge in [0.25, 0.3) is 0 Å². The smallest absolute Gasteiger partial charge is 0.410 e. The fraction of sp³-hybridized carbons (Fsp3) is 0.588. The summed E-state index contributed by atoms with van der Waals surface area (Å²) in [6, 6.07) is 8.67. The quantitative estimate of drug-likeness (QED) is 0.730. The van der Waals surface area contributed by atoms with E-state index in [2.05, 4.69) is 30.5 Å². The zero-order chi connectivity index (χ0) is 15.5. The summed E-state index contributed by atoms with van der Waals surface area (Å²) in [7, 11) is 0. The number of hydrogen-bond donors (Lipinski definition) is 0. The first-order chi connectivity index (χ1) is 9.90. The van der Waals surface area contributed by atoms with Gasteiger partial charge < -0.3 is 9.64 Å². The van der Waals surface area contributed by atoms with Crippen molar-refractivity contribution >= 4 is 17.9 Å². The molecule has 1 aromatic carbocycles. The second kappa shape index (κ2) is 6.73. The van der Waals surface area contributed by atoms with Gasteiger partial charge in [0.2, 0.25) is 0 Å². The first-order valence-electron chi connectivity index (χ1n) is 7.54. The number of nitrogens with zero attached hydrogens (tertiary/aromatic N) is 1. The second-order valence-electron chi connectivity index (χ2n) is 6.46. The molecule has 0 aliphatic carbocycles. The van der Waals surface area contributed by atoms with Crippen LogP contribution >= 0.6 is 11.8 Å². The SMILES string of the molecule is CSc1ccc([C@H]2CCCCN2C(=O)OC(C)(C)C)cc1. The van der Waals surface area contributed by atoms with Gasteiger partial charge in [-0.25, -0.2) is 4.79 Å². The normalized spacial score (nSPS) is 19.4. The van der Waals surface area contributed by atoms with Crippen molar-refractivity contribution in [2.45, 2.75) is 56.6 Å². The fourth-order valence-electron chi connectivity index (χ4n) is 2.64. The van der Waals surface area contributed by atoms with Gasteiger partial charge >= 0.3 is 6.09 Å². The first-order valence-corrected chi connectivity index (χ1v) is 8.77. The number of thioether (sulfide) groups is 1. The van der Waals surface area contributed by atoms with E-state index in [1.165, 1.54) is 10.5 Å². The van der Waals surface area contributed by atoms with Gasteiger partial charge in [0.1, 0.15) is 5.60 Å². The molecule has 21 heavy (non-hydrogen) atoms. The monoisotopic (exact) mass is 307 g/mol. The average molecular weight is 307 g/mol. The Morgan fingerprint density at radius 2 is 1.90 bits per heavy atom. The molecule has 4 heteroatoms. The Bertz CT molecular complexity index is 479. The Hall–Kier alpha value is -1.16. The van der Waals surface area contributed by atoms with E-state index in [4.69, 9.17) is 4.74 Å². The van der Waals surface area contributed by atoms with Gasteiger partial charge in [0, 0.05) is 11.4 Å². The minimum Gasteiger partial charge on any atom is -0.444 e. The minimum absolute atomic E-state index is 0.143. The minimum atomic E-state index is -0.443. The van der Waals surface area contributed by atoms with Crippen LogP contribution in [0.4, 0.5) is 4.79 Å². The Morgan fingerprint density at radius 3 is 2.48 bits per heavy atom. The molecule has 1 amide bonds. The van der Waals surface area contributed by atoms with E-state index in [-0.39, 0.29) is 12.1 Å². The highest BCUT2D eigenvalue weighted by molar-refractivity contribution is 7.98. The summed E-state index contributed by atoms with van der Waals surface area (Å²) < 4.78 is 5.56. The summed E-state index contributed by atoms with van der Waals surface area (Å²) in [5, 5.41) is 0. The Morgan fingerprint density at radius 1 is 1.24 bits per heavy atom. The van der Waals surface area contributed by atoms with Crippen LogP contribution in [-0.2, 0) is 4.74 Å². The van der Waals surface area contributed by atoms with E-state index < -0.39 is 5.60 Å². The lowest BCUT2D eigenvalue weighted by Gasteiger charge is -2.37. The average Bonchev–Trinajstić information content (AvgIpc) is 2.45. The molecule has 1 aliphatic heterocycles. The summed E-state index contributed by atoms with van der Waals surface area (Å²) >= 11 is 1.73. The number of likely N-dealkylation sites (tertiary alicyclic amines) is 1. The lowest BCUT2D eigenvalue weighted by atomic mass is 9.96. The van der Waals surface area contributed by atoms with E-state index in [1.807, 2.05) is 25.7 Å². The summed E-state index contributed by atoms with van der Waals surface area (Å²) in [4.78, 5) is 15.6. The van der Waals surface area contributed by atoms with E-state index in [0.717, 1.165) is 25.8 Å². The molecule has 0 bridgehead atoms. The molecule has 0 aromatic heterocycles. The number of amides is 1. The number of carbonyl (C=O) groups is 1. The highest BCUT2D eigenvalue weighted by atomic mass is 32.2. The number of piperidine rings is 1. The van der Waals surface area contributed by atoms with Crippen molar-refractivity contribution in [1.82, 2.24) is 4.90 Å². The highest BCUT2D eigenvalue weighted by Crippen LogP contribution is 2.32. The van der Waals surface area contributed by atoms with Crippen LogP contribution in [0.5, 0.6) is 0 Å². The van der Waals surface area contributed by atoms with Crippen molar-refractivity contribution in [2.75, 3.05) is 12.8 Å². The maximum absolute atomic E-state index is 12.4. The van der Waals surface area contributed by atoms with Crippen molar-refractivity contribution in [3.05, 3.63) is 29.8 Å². The van der Waals surface area contributed by atoms with Crippen LogP contribution in [0.2, 0.25) is 0 Å². The van der Waals surface area contributed by atoms with Crippen molar-refractivity contribution in [3.63, 3.8) is 0 Å². The van der Waals surface area contributed by atoms with E-state index in [1.54, 1.807) is 11.8 Å². The molecular formula is C17H25NO2S. The zero-order valence-electron chi connectivity index (χ0n) is 13.4. The van der Waals surface area contributed by atoms with E-state index in [0.29, 0.717) is 0 Å². The maximum Gasteiger partial charge on any atom is 0.410 e. The molecule has 1 saturated heterocycles. The number of rotatable bonds is 2. The second-order valence-corrected chi connectivity index (χ2v) is 7.34. The number of hydrogen-bond acceptors (Lipinski definition) is 3. The van der Waals surface area contributed by atoms with E-state index >= 15 is 0 Å². The molecule has 0 saturated carbocycles. The first kappa shape index (κ1) is 16.2. The molecule has 2 rings (SSSR count). The molecule has 3 nitrogen and oxygen atoms in total. The van der Waals surface area contributed by atoms with E-state index in [9.17, 15) is 4.79 Å². The Labute approximate surface area is 132 Å². The van der Waals surface area contributed by atoms with Gasteiger partial charge in [-0.2, -0.15) is 0 Å². The van der Waals surface area contributed by atoms with Crippen LogP contribution in [-0.4, -0.2) is 29.4 Å². The third-order valence-corrected chi connectivity index (χ3v) is 4.37. The zero-order valence-corrected chi connectivity index (χ0v) is 14.2. The molecular weight excluding hydrogens is 282 g/mol. The lowest BCUT2D eigenvalue weighted by Crippen LogP contribution is -2.41. The highest BCUT2D eigenvalue weighted by Gasteiger charge is 2.31. The van der Waals surface area contributed by atoms with Gasteiger partial charge in [0.15, 0.2) is 0 Å². The molecule has 1 atom stereocenters. The number of benzene rings is 1. The van der Waals surface area contributed by atoms with Crippen LogP contribution in [0.25, 0.3) is 0 Å². The summed E-state index contributed by atoms with van der Waals surface area (Å²) in [5.41, 5.74) is 0.764. The van der Waals surface area contributed by atoms with Gasteiger partial charge in [-0.1, -0.05) is 12.1 Å². The van der Waals surface area contributed by atoms with Crippen LogP contribution in [0.1, 0.15) is 51.6 Å². The molecule has 1 aromatic rings. The summed E-state index contributed by atoms with van der Waals surface area (Å²) in [6.07, 6.45) is 5.11. The van der Waals surface area contributed by atoms with Gasteiger partial charge in [-0.05, 0) is 64.0 Å². The van der Waals surface area contributed by atoms with Gasteiger partial charge in [-0.3, -0.25) is 0 Å². The molecule has 1 heterocycles. The third-order valence-electron chi connectivity index (χ3n) is 3.63. The molecule has 1 fully saturated rings.